The molecule has 0 fully saturated rings. The van der Waals surface area contributed by atoms with Crippen LogP contribution in [0.4, 0.5) is 0 Å². The third-order valence-electron chi connectivity index (χ3n) is 2.36. The maximum Gasteiger partial charge on any atom is 0.542 e. The Morgan fingerprint density at radius 1 is 0.611 bits per heavy atom. The molecule has 90 valence electrons. The third-order valence-corrected chi connectivity index (χ3v) is 3.00. The first-order chi connectivity index (χ1) is 8.83. The summed E-state index contributed by atoms with van der Waals surface area (Å²) in [5.41, 5.74) is 2.01. The van der Waals surface area contributed by atoms with E-state index in [1.807, 2.05) is 24.3 Å². The molecule has 0 bridgehead atoms. The smallest absolute Gasteiger partial charge is 0.256 e. The van der Waals surface area contributed by atoms with Crippen molar-refractivity contribution in [3.8, 4) is 22.6 Å². The summed E-state index contributed by atoms with van der Waals surface area (Å²) in [6.07, 6.45) is 0. The average molecular weight is 280 g/mol. The molecule has 2 aromatic rings. The van der Waals surface area contributed by atoms with Crippen LogP contribution in [-0.2, 0) is 9.13 Å². The van der Waals surface area contributed by atoms with E-state index in [4.69, 9.17) is 9.05 Å². The van der Waals surface area contributed by atoms with Gasteiger partial charge in [0.2, 0.25) is 0 Å². The van der Waals surface area contributed by atoms with Crippen LogP contribution in [0.25, 0.3) is 11.1 Å². The molecule has 4 nitrogen and oxygen atoms in total. The molecule has 0 spiro atoms. The number of rotatable bonds is 5. The summed E-state index contributed by atoms with van der Waals surface area (Å²) in [6.45, 7) is 0. The number of hydrogen-bond acceptors (Lipinski definition) is 4. The highest BCUT2D eigenvalue weighted by molar-refractivity contribution is 7.18. The monoisotopic (exact) mass is 280 g/mol. The molecular formula is C12H10O4P2+2. The van der Waals surface area contributed by atoms with Crippen LogP contribution in [0.15, 0.2) is 48.5 Å². The lowest BCUT2D eigenvalue weighted by atomic mass is 10.1. The first-order valence-electron chi connectivity index (χ1n) is 5.12. The van der Waals surface area contributed by atoms with E-state index in [0.717, 1.165) is 11.1 Å². The van der Waals surface area contributed by atoms with Gasteiger partial charge < -0.3 is 0 Å². The molecule has 0 saturated carbocycles. The van der Waals surface area contributed by atoms with E-state index in [-0.39, 0.29) is 0 Å². The Kier molecular flexibility index (Phi) is 4.40. The Morgan fingerprint density at radius 3 is 1.22 bits per heavy atom. The maximum absolute atomic E-state index is 10.3. The van der Waals surface area contributed by atoms with Crippen molar-refractivity contribution < 1.29 is 18.2 Å². The summed E-state index contributed by atoms with van der Waals surface area (Å²) in [6, 6.07) is 14.5. The second-order valence-electron chi connectivity index (χ2n) is 3.42. The van der Waals surface area contributed by atoms with Crippen molar-refractivity contribution in [3.05, 3.63) is 48.5 Å². The minimum Gasteiger partial charge on any atom is -0.256 e. The quantitative estimate of drug-likeness (QED) is 0.777. The Morgan fingerprint density at radius 2 is 0.944 bits per heavy atom. The minimum absolute atomic E-state index is 0.569. The fourth-order valence-corrected chi connectivity index (χ4v) is 1.99. The van der Waals surface area contributed by atoms with Gasteiger partial charge in [0.05, 0.1) is 0 Å². The van der Waals surface area contributed by atoms with Crippen molar-refractivity contribution in [2.75, 3.05) is 0 Å². The van der Waals surface area contributed by atoms with Crippen LogP contribution in [-0.4, -0.2) is 0 Å². The number of hydrogen-bond donors (Lipinski definition) is 0. The van der Waals surface area contributed by atoms with Crippen LogP contribution < -0.4 is 9.05 Å². The second kappa shape index (κ2) is 6.25. The van der Waals surface area contributed by atoms with Gasteiger partial charge in [-0.05, 0) is 44.5 Å². The van der Waals surface area contributed by atoms with Gasteiger partial charge in [-0.2, -0.15) is 0 Å². The highest BCUT2D eigenvalue weighted by Gasteiger charge is 2.03. The topological polar surface area (TPSA) is 52.6 Å². The van der Waals surface area contributed by atoms with Gasteiger partial charge in [0.1, 0.15) is 0 Å². The van der Waals surface area contributed by atoms with Crippen LogP contribution in [0.1, 0.15) is 0 Å². The summed E-state index contributed by atoms with van der Waals surface area (Å²) in [4.78, 5) is 0. The Hall–Kier alpha value is -1.76. The van der Waals surface area contributed by atoms with Gasteiger partial charge in [-0.25, -0.2) is 0 Å². The third kappa shape index (κ3) is 3.13. The molecule has 0 amide bonds. The minimum atomic E-state index is -0.799. The van der Waals surface area contributed by atoms with Crippen molar-refractivity contribution in [1.29, 1.82) is 0 Å². The van der Waals surface area contributed by atoms with Gasteiger partial charge in [0.15, 0.2) is 11.5 Å². The fourth-order valence-electron chi connectivity index (χ4n) is 1.53. The molecule has 2 rings (SSSR count). The van der Waals surface area contributed by atoms with Crippen molar-refractivity contribution in [2.24, 2.45) is 0 Å². The number of benzene rings is 2. The predicted octanol–water partition coefficient (Wildman–Crippen LogP) is 3.99. The largest absolute Gasteiger partial charge is 0.542 e. The lowest BCUT2D eigenvalue weighted by Crippen LogP contribution is -1.80. The zero-order valence-corrected chi connectivity index (χ0v) is 11.3. The Bertz CT molecular complexity index is 486. The van der Waals surface area contributed by atoms with Crippen LogP contribution in [0.3, 0.4) is 0 Å². The molecule has 0 aliphatic heterocycles. The summed E-state index contributed by atoms with van der Waals surface area (Å²) >= 11 is 0. The predicted molar refractivity (Wildman–Crippen MR) is 71.1 cm³/mol. The zero-order chi connectivity index (χ0) is 12.8. The van der Waals surface area contributed by atoms with Gasteiger partial charge >= 0.3 is 17.4 Å². The molecule has 2 unspecified atom stereocenters. The highest BCUT2D eigenvalue weighted by Crippen LogP contribution is 2.26. The average Bonchev–Trinajstić information content (AvgIpc) is 2.41. The Balaban J connectivity index is 2.19. The normalized spacial score (nSPS) is 10.4. The molecule has 18 heavy (non-hydrogen) atoms. The summed E-state index contributed by atoms with van der Waals surface area (Å²) < 4.78 is 30.4. The van der Waals surface area contributed by atoms with Gasteiger partial charge in [-0.1, -0.05) is 24.3 Å². The standard InChI is InChI=1S/C12H10O4P2/c13-17-15-11-5-1-9(2-6-11)10-3-7-12(8-4-10)16-18-14/h1-8,17-18H/q+2. The molecule has 2 atom stereocenters. The first kappa shape index (κ1) is 12.7. The summed E-state index contributed by atoms with van der Waals surface area (Å²) in [5.74, 6) is 1.14. The highest BCUT2D eigenvalue weighted by atomic mass is 31.1. The summed E-state index contributed by atoms with van der Waals surface area (Å²) in [7, 11) is -1.60. The molecule has 6 heteroatoms. The molecule has 0 aliphatic rings. The molecule has 2 aromatic carbocycles. The van der Waals surface area contributed by atoms with E-state index >= 15 is 0 Å². The molecular weight excluding hydrogens is 270 g/mol. The van der Waals surface area contributed by atoms with Crippen LogP contribution >= 0.6 is 17.4 Å². The van der Waals surface area contributed by atoms with Gasteiger partial charge in [-0.15, -0.1) is 0 Å². The van der Waals surface area contributed by atoms with Crippen LogP contribution in [0.2, 0.25) is 0 Å². The van der Waals surface area contributed by atoms with Gasteiger partial charge in [-0.3, -0.25) is 9.05 Å². The fraction of sp³-hybridized carbons (Fsp3) is 0. The van der Waals surface area contributed by atoms with Crippen molar-refractivity contribution in [1.82, 2.24) is 0 Å². The van der Waals surface area contributed by atoms with Crippen molar-refractivity contribution >= 4 is 17.4 Å². The lowest BCUT2D eigenvalue weighted by Gasteiger charge is -2.01. The van der Waals surface area contributed by atoms with Crippen LogP contribution in [0, 0.1) is 0 Å². The molecule has 0 saturated heterocycles. The van der Waals surface area contributed by atoms with E-state index in [9.17, 15) is 9.13 Å². The molecule has 0 heterocycles. The van der Waals surface area contributed by atoms with E-state index < -0.39 is 17.4 Å². The molecule has 0 aromatic heterocycles. The maximum atomic E-state index is 10.3. The van der Waals surface area contributed by atoms with E-state index in [1.165, 1.54) is 0 Å². The molecule has 0 N–H and O–H groups in total. The van der Waals surface area contributed by atoms with Gasteiger partial charge in [0, 0.05) is 0 Å². The van der Waals surface area contributed by atoms with E-state index in [1.54, 1.807) is 24.3 Å². The second-order valence-corrected chi connectivity index (χ2v) is 4.16. The van der Waals surface area contributed by atoms with E-state index in [2.05, 4.69) is 0 Å². The van der Waals surface area contributed by atoms with Gasteiger partial charge in [0.25, 0.3) is 0 Å². The van der Waals surface area contributed by atoms with E-state index in [0.29, 0.717) is 11.5 Å². The van der Waals surface area contributed by atoms with Crippen LogP contribution in [0.5, 0.6) is 11.5 Å². The lowest BCUT2D eigenvalue weighted by molar-refractivity contribution is 0.524. The van der Waals surface area contributed by atoms with Crippen molar-refractivity contribution in [3.63, 3.8) is 0 Å². The zero-order valence-electron chi connectivity index (χ0n) is 9.25. The first-order valence-corrected chi connectivity index (χ1v) is 6.75. The Labute approximate surface area is 107 Å². The molecule has 0 aliphatic carbocycles. The SMILES string of the molecule is O=[PH+]Oc1ccc(-c2ccc(O[PH+]=O)cc2)cc1. The molecule has 0 radical (unpaired) electrons. The van der Waals surface area contributed by atoms with Crippen molar-refractivity contribution in [2.45, 2.75) is 0 Å². The summed E-state index contributed by atoms with van der Waals surface area (Å²) in [5, 5.41) is 0.